The molecule has 5 aliphatic rings. The third-order valence-corrected chi connectivity index (χ3v) is 11.2. The van der Waals surface area contributed by atoms with Crippen LogP contribution in [0.25, 0.3) is 28.3 Å². The van der Waals surface area contributed by atoms with Crippen molar-refractivity contribution in [2.45, 2.75) is 62.6 Å². The van der Waals surface area contributed by atoms with E-state index in [2.05, 4.69) is 40.2 Å². The first-order chi connectivity index (χ1) is 25.9. The van der Waals surface area contributed by atoms with Crippen LogP contribution in [0.4, 0.5) is 18.9 Å². The Morgan fingerprint density at radius 3 is 2.69 bits per heavy atom. The van der Waals surface area contributed by atoms with Crippen LogP contribution in [0.5, 0.6) is 5.75 Å². The molecule has 4 aliphatic heterocycles. The topological polar surface area (TPSA) is 158 Å². The van der Waals surface area contributed by atoms with Crippen LogP contribution in [-0.4, -0.2) is 51.8 Å². The molecule has 10 bridgehead atoms. The van der Waals surface area contributed by atoms with E-state index in [0.717, 1.165) is 39.1 Å². The number of ether oxygens (including phenoxy) is 1. The maximum atomic E-state index is 14.2. The van der Waals surface area contributed by atoms with Crippen molar-refractivity contribution in [3.63, 3.8) is 0 Å². The number of carbonyl (C=O) groups excluding carboxylic acids is 1. The number of anilines is 1. The summed E-state index contributed by atoms with van der Waals surface area (Å²) in [5.74, 6) is 0.501. The van der Waals surface area contributed by atoms with Gasteiger partial charge in [0.1, 0.15) is 17.2 Å². The molecule has 5 aromatic rings. The quantitative estimate of drug-likeness (QED) is 0.138. The summed E-state index contributed by atoms with van der Waals surface area (Å²) in [7, 11) is 0. The maximum absolute atomic E-state index is 14.2. The summed E-state index contributed by atoms with van der Waals surface area (Å²) in [6.07, 6.45) is -1.49. The van der Waals surface area contributed by atoms with E-state index in [4.69, 9.17) is 23.5 Å². The number of hydrogen-bond acceptors (Lipinski definition) is 10. The second-order valence-corrected chi connectivity index (χ2v) is 14.7. The number of nitro groups is 1. The highest BCUT2D eigenvalue weighted by molar-refractivity contribution is 5.97. The van der Waals surface area contributed by atoms with Gasteiger partial charge >= 0.3 is 6.18 Å². The van der Waals surface area contributed by atoms with E-state index in [-0.39, 0.29) is 29.8 Å². The number of fused-ring (bicyclic) bond motifs is 7. The zero-order valence-electron chi connectivity index (χ0n) is 28.8. The van der Waals surface area contributed by atoms with Gasteiger partial charge in [0.05, 0.1) is 12.2 Å². The molecule has 12 nitrogen and oxygen atoms in total. The van der Waals surface area contributed by atoms with Crippen LogP contribution >= 0.6 is 0 Å². The Morgan fingerprint density at radius 1 is 1.07 bits per heavy atom. The Bertz CT molecular complexity index is 2470. The molecule has 10 rings (SSSR count). The largest absolute Gasteiger partial charge is 0.469 e. The van der Waals surface area contributed by atoms with Crippen molar-refractivity contribution < 1.29 is 36.5 Å². The maximum Gasteiger partial charge on any atom is 0.410 e. The van der Waals surface area contributed by atoms with E-state index in [1.165, 1.54) is 0 Å². The summed E-state index contributed by atoms with van der Waals surface area (Å²) in [4.78, 5) is 34.1. The first kappa shape index (κ1) is 32.7. The lowest BCUT2D eigenvalue weighted by atomic mass is 9.72. The zero-order valence-corrected chi connectivity index (χ0v) is 28.8. The second kappa shape index (κ2) is 11.3. The molecule has 1 amide bonds. The molecular weight excluding hydrogens is 705 g/mol. The lowest BCUT2D eigenvalue weighted by molar-refractivity contribution is -0.491. The van der Waals surface area contributed by atoms with Crippen LogP contribution in [-0.2, 0) is 23.1 Å². The van der Waals surface area contributed by atoms with Crippen molar-refractivity contribution in [2.24, 2.45) is 5.92 Å². The lowest BCUT2D eigenvalue weighted by Gasteiger charge is -2.29. The Morgan fingerprint density at radius 2 is 1.89 bits per heavy atom. The van der Waals surface area contributed by atoms with Gasteiger partial charge in [0.15, 0.2) is 29.5 Å². The normalized spacial score (nSPS) is 23.3. The van der Waals surface area contributed by atoms with Gasteiger partial charge in [-0.15, -0.1) is 0 Å². The first-order valence-corrected chi connectivity index (χ1v) is 17.7. The van der Waals surface area contributed by atoms with Crippen molar-refractivity contribution in [1.82, 2.24) is 20.6 Å². The van der Waals surface area contributed by atoms with Crippen LogP contribution < -0.4 is 20.7 Å². The Balaban J connectivity index is 1.25. The highest BCUT2D eigenvalue weighted by Gasteiger charge is 2.62. The standard InChI is InChI=1S/C39H31F3N6O6/c1-17(2)30-36-46-32-33(54-36)38-23-8-4-7-21(20-6-3-5-19-10-11-22(29(19)20)27-15-43-35(32)52-27)31(23)47-37(38)53-26-12-9-18(13-24(26)38)14-25(34(49)45-30)44-28(16-48(50)51)39(40,41)42/h3-9,11-13,15,17,25,28,30,37,44,47H,10,14,16H2,1-2H3,(H,45,49)/t25?,28?,30-,37-,38?/m0/s1. The minimum Gasteiger partial charge on any atom is -0.469 e. The summed E-state index contributed by atoms with van der Waals surface area (Å²) >= 11 is 0. The Labute approximate surface area is 305 Å². The van der Waals surface area contributed by atoms with Gasteiger partial charge in [-0.2, -0.15) is 13.2 Å². The number of allylic oxidation sites excluding steroid dienone is 1. The minimum atomic E-state index is -5.01. The number of oxazole rings is 2. The van der Waals surface area contributed by atoms with Gasteiger partial charge in [-0.1, -0.05) is 68.5 Å². The Hall–Kier alpha value is -5.96. The van der Waals surface area contributed by atoms with Crippen LogP contribution in [0, 0.1) is 16.0 Å². The molecule has 3 aromatic carbocycles. The summed E-state index contributed by atoms with van der Waals surface area (Å²) in [6.45, 7) is 2.18. The molecular formula is C39H31F3N6O6. The average Bonchev–Trinajstić information content (AvgIpc) is 3.95. The van der Waals surface area contributed by atoms with Gasteiger partial charge in [-0.3, -0.25) is 20.2 Å². The molecule has 15 heteroatoms. The van der Waals surface area contributed by atoms with Gasteiger partial charge in [-0.05, 0) is 47.1 Å². The second-order valence-electron chi connectivity index (χ2n) is 14.7. The number of nitrogens with zero attached hydrogens (tertiary/aromatic N) is 3. The molecule has 274 valence electrons. The van der Waals surface area contributed by atoms with Gasteiger partial charge < -0.3 is 24.2 Å². The molecule has 0 saturated heterocycles. The van der Waals surface area contributed by atoms with Crippen LogP contribution in [0.1, 0.15) is 65.1 Å². The zero-order chi connectivity index (χ0) is 37.3. The Kier molecular flexibility index (Phi) is 6.82. The van der Waals surface area contributed by atoms with E-state index < -0.39 is 53.3 Å². The summed E-state index contributed by atoms with van der Waals surface area (Å²) in [5, 5.41) is 20.2. The number of alkyl halides is 3. The van der Waals surface area contributed by atoms with E-state index >= 15 is 0 Å². The average molecular weight is 737 g/mol. The number of rotatable bonds is 5. The molecule has 5 atom stereocenters. The molecule has 0 saturated carbocycles. The molecule has 0 fully saturated rings. The molecule has 3 N–H and O–H groups in total. The predicted octanol–water partition coefficient (Wildman–Crippen LogP) is 6.31. The third-order valence-electron chi connectivity index (χ3n) is 11.2. The molecule has 6 heterocycles. The number of carbonyl (C=O) groups is 1. The highest BCUT2D eigenvalue weighted by Crippen LogP contribution is 2.61. The van der Waals surface area contributed by atoms with Crippen molar-refractivity contribution in [2.75, 3.05) is 11.9 Å². The lowest BCUT2D eigenvalue weighted by Crippen LogP contribution is -2.57. The summed E-state index contributed by atoms with van der Waals surface area (Å²) < 4.78 is 62.7. The number of nitrogens with one attached hydrogen (secondary N) is 3. The number of hydrogen-bond donors (Lipinski definition) is 3. The molecule has 2 aromatic heterocycles. The van der Waals surface area contributed by atoms with Gasteiger partial charge in [-0.25, -0.2) is 9.97 Å². The number of halogens is 3. The van der Waals surface area contributed by atoms with E-state index in [0.29, 0.717) is 34.8 Å². The van der Waals surface area contributed by atoms with Crippen LogP contribution in [0.15, 0.2) is 75.7 Å². The third kappa shape index (κ3) is 4.56. The fourth-order valence-corrected chi connectivity index (χ4v) is 8.77. The van der Waals surface area contributed by atoms with Crippen molar-refractivity contribution in [3.8, 4) is 28.5 Å². The minimum absolute atomic E-state index is 0.0861. The fourth-order valence-electron chi connectivity index (χ4n) is 8.77. The molecule has 1 spiro atoms. The SMILES string of the molecule is CC(C)[C@@H]1NC(=O)C(NC(C[N+](=O)[O-])C(F)(F)F)Cc2ccc3c(c2)C24c5cccc(c5N[C@H]2O3)-c2cccc3c2C(=CC3)c2cnc(o2)-c2nc1oc24. The summed E-state index contributed by atoms with van der Waals surface area (Å²) in [5.41, 5.74) is 6.83. The molecule has 0 radical (unpaired) electrons. The number of benzene rings is 3. The molecule has 1 aliphatic carbocycles. The van der Waals surface area contributed by atoms with E-state index in [1.807, 2.05) is 32.0 Å². The smallest absolute Gasteiger partial charge is 0.410 e. The van der Waals surface area contributed by atoms with Gasteiger partial charge in [0, 0.05) is 32.9 Å². The molecule has 3 unspecified atom stereocenters. The van der Waals surface area contributed by atoms with Crippen LogP contribution in [0.3, 0.4) is 0 Å². The number of aromatic nitrogens is 2. The number of para-hydroxylation sites is 1. The van der Waals surface area contributed by atoms with Crippen molar-refractivity contribution in [1.29, 1.82) is 0 Å². The highest BCUT2D eigenvalue weighted by atomic mass is 19.4. The molecule has 54 heavy (non-hydrogen) atoms. The predicted molar refractivity (Wildman–Crippen MR) is 187 cm³/mol. The fraction of sp³-hybridized carbons (Fsp3) is 0.308. The number of amides is 1. The van der Waals surface area contributed by atoms with Gasteiger partial charge in [0.25, 0.3) is 0 Å². The van der Waals surface area contributed by atoms with Gasteiger partial charge in [0.2, 0.25) is 24.2 Å². The monoisotopic (exact) mass is 736 g/mol. The van der Waals surface area contributed by atoms with E-state index in [9.17, 15) is 28.1 Å². The first-order valence-electron chi connectivity index (χ1n) is 17.7. The van der Waals surface area contributed by atoms with Crippen molar-refractivity contribution in [3.05, 3.63) is 122 Å². The van der Waals surface area contributed by atoms with Crippen molar-refractivity contribution >= 4 is 17.2 Å². The summed E-state index contributed by atoms with van der Waals surface area (Å²) in [6, 6.07) is 12.4. The van der Waals surface area contributed by atoms with Crippen LogP contribution in [0.2, 0.25) is 0 Å². The van der Waals surface area contributed by atoms with E-state index in [1.54, 1.807) is 24.4 Å².